The summed E-state index contributed by atoms with van der Waals surface area (Å²) in [6.07, 6.45) is 0. The number of nitrogens with zero attached hydrogens (tertiary/aromatic N) is 5. The molecule has 0 saturated carbocycles. The average molecular weight is 498 g/mol. The monoisotopic (exact) mass is 497 g/mol. The lowest BCUT2D eigenvalue weighted by Crippen LogP contribution is -2.10. The van der Waals surface area contributed by atoms with E-state index in [1.807, 2.05) is 89.8 Å². The van der Waals surface area contributed by atoms with Crippen molar-refractivity contribution in [3.8, 4) is 34.4 Å². The number of benzene rings is 5. The van der Waals surface area contributed by atoms with Gasteiger partial charge in [0.1, 0.15) is 0 Å². The third-order valence-corrected chi connectivity index (χ3v) is 6.30. The van der Waals surface area contributed by atoms with E-state index in [2.05, 4.69) is 21.8 Å². The molecule has 0 fully saturated rings. The van der Waals surface area contributed by atoms with Gasteiger partial charge in [-0.05, 0) is 82.9 Å². The summed E-state index contributed by atoms with van der Waals surface area (Å²) < 4.78 is 0. The van der Waals surface area contributed by atoms with Crippen molar-refractivity contribution in [2.45, 2.75) is 0 Å². The fraction of sp³-hybridized carbons (Fsp3) is 0. The van der Waals surface area contributed by atoms with Crippen LogP contribution in [0.5, 0.6) is 0 Å². The smallest absolute Gasteiger partial charge is 0.190 e. The van der Waals surface area contributed by atoms with Gasteiger partial charge in [0.05, 0.1) is 30.8 Å². The molecular formula is C34H19N5. The highest BCUT2D eigenvalue weighted by atomic mass is 15.1. The number of rotatable bonds is 5. The number of hydrogen-bond acceptors (Lipinski definition) is 3. The summed E-state index contributed by atoms with van der Waals surface area (Å²) in [6, 6.07) is 40.3. The summed E-state index contributed by atoms with van der Waals surface area (Å²) in [4.78, 5) is 9.10. The molecule has 180 valence electrons. The standard InChI is InChI=1S/C34H19N5/c1-37-30-8-4-7-29(20-30)27-11-15-33(16-12-27)39(34-19-25(23-36)18-31(21-34)38-2)32-13-9-26(10-14-32)28-6-3-5-24(17-28)22-35/h3-21H. The van der Waals surface area contributed by atoms with E-state index in [0.29, 0.717) is 28.2 Å². The second-order valence-corrected chi connectivity index (χ2v) is 8.75. The highest BCUT2D eigenvalue weighted by molar-refractivity contribution is 5.82. The number of anilines is 3. The lowest BCUT2D eigenvalue weighted by Gasteiger charge is -2.26. The van der Waals surface area contributed by atoms with Crippen LogP contribution in [0.3, 0.4) is 0 Å². The predicted molar refractivity (Wildman–Crippen MR) is 154 cm³/mol. The highest BCUT2D eigenvalue weighted by Crippen LogP contribution is 2.39. The maximum Gasteiger partial charge on any atom is 0.190 e. The molecular weight excluding hydrogens is 478 g/mol. The van der Waals surface area contributed by atoms with E-state index in [0.717, 1.165) is 33.6 Å². The van der Waals surface area contributed by atoms with Crippen LogP contribution in [0.2, 0.25) is 0 Å². The fourth-order valence-corrected chi connectivity index (χ4v) is 4.43. The Morgan fingerprint density at radius 3 is 1.62 bits per heavy atom. The first-order valence-corrected chi connectivity index (χ1v) is 12.0. The maximum atomic E-state index is 9.60. The Hall–Kier alpha value is -6.14. The minimum atomic E-state index is 0.381. The van der Waals surface area contributed by atoms with Gasteiger partial charge in [0.25, 0.3) is 0 Å². The van der Waals surface area contributed by atoms with Crippen LogP contribution in [0.4, 0.5) is 28.4 Å². The Morgan fingerprint density at radius 1 is 0.487 bits per heavy atom. The average Bonchev–Trinajstić information content (AvgIpc) is 3.01. The van der Waals surface area contributed by atoms with Gasteiger partial charge in [-0.2, -0.15) is 10.5 Å². The third-order valence-electron chi connectivity index (χ3n) is 6.30. The molecule has 0 unspecified atom stereocenters. The zero-order valence-electron chi connectivity index (χ0n) is 20.7. The molecule has 39 heavy (non-hydrogen) atoms. The quantitative estimate of drug-likeness (QED) is 0.227. The van der Waals surface area contributed by atoms with Crippen molar-refractivity contribution in [3.63, 3.8) is 0 Å². The van der Waals surface area contributed by atoms with Crippen LogP contribution in [-0.2, 0) is 0 Å². The summed E-state index contributed by atoms with van der Waals surface area (Å²) >= 11 is 0. The van der Waals surface area contributed by atoms with E-state index in [1.54, 1.807) is 30.3 Å². The van der Waals surface area contributed by atoms with Gasteiger partial charge in [0.15, 0.2) is 11.4 Å². The molecule has 0 N–H and O–H groups in total. The molecule has 0 heterocycles. The molecule has 5 aromatic rings. The Bertz CT molecular complexity index is 1710. The van der Waals surface area contributed by atoms with E-state index >= 15 is 0 Å². The van der Waals surface area contributed by atoms with Gasteiger partial charge in [-0.15, -0.1) is 0 Å². The first-order valence-electron chi connectivity index (χ1n) is 12.0. The third kappa shape index (κ3) is 5.21. The molecule has 0 amide bonds. The largest absolute Gasteiger partial charge is 0.312 e. The number of hydrogen-bond donors (Lipinski definition) is 0. The van der Waals surface area contributed by atoms with Crippen LogP contribution in [0.1, 0.15) is 11.1 Å². The molecule has 0 radical (unpaired) electrons. The van der Waals surface area contributed by atoms with Crippen molar-refractivity contribution in [1.29, 1.82) is 10.5 Å². The van der Waals surface area contributed by atoms with Crippen molar-refractivity contribution in [1.82, 2.24) is 0 Å². The minimum Gasteiger partial charge on any atom is -0.312 e. The molecule has 5 nitrogen and oxygen atoms in total. The van der Waals surface area contributed by atoms with E-state index in [9.17, 15) is 10.5 Å². The van der Waals surface area contributed by atoms with Crippen molar-refractivity contribution in [2.24, 2.45) is 0 Å². The van der Waals surface area contributed by atoms with Gasteiger partial charge in [-0.25, -0.2) is 9.69 Å². The van der Waals surface area contributed by atoms with Gasteiger partial charge in [0.2, 0.25) is 0 Å². The molecule has 0 atom stereocenters. The van der Waals surface area contributed by atoms with E-state index < -0.39 is 0 Å². The van der Waals surface area contributed by atoms with Crippen molar-refractivity contribution < 1.29 is 0 Å². The lowest BCUT2D eigenvalue weighted by atomic mass is 10.0. The van der Waals surface area contributed by atoms with Crippen LogP contribution in [0.15, 0.2) is 115 Å². The fourth-order valence-electron chi connectivity index (χ4n) is 4.43. The zero-order valence-corrected chi connectivity index (χ0v) is 20.7. The molecule has 5 aromatic carbocycles. The molecule has 5 heteroatoms. The summed E-state index contributed by atoms with van der Waals surface area (Å²) in [7, 11) is 0. The predicted octanol–water partition coefficient (Wildman–Crippen LogP) is 9.34. The molecule has 0 aliphatic rings. The number of nitriles is 2. The van der Waals surface area contributed by atoms with Gasteiger partial charge in [-0.3, -0.25) is 0 Å². The molecule has 0 saturated heterocycles. The molecule has 0 bridgehead atoms. The SMILES string of the molecule is [C-]#[N+]c1cccc(-c2ccc(N(c3ccc(-c4cccc(C#N)c4)cc3)c3cc(C#N)cc([N+]#[C-])c3)cc2)c1. The molecule has 0 spiro atoms. The summed E-state index contributed by atoms with van der Waals surface area (Å²) in [5.74, 6) is 0. The van der Waals surface area contributed by atoms with Crippen molar-refractivity contribution in [2.75, 3.05) is 4.90 Å². The second-order valence-electron chi connectivity index (χ2n) is 8.75. The van der Waals surface area contributed by atoms with Crippen molar-refractivity contribution in [3.05, 3.63) is 149 Å². The summed E-state index contributed by atoms with van der Waals surface area (Å²) in [5.41, 5.74) is 8.21. The Kier molecular flexibility index (Phi) is 6.84. The van der Waals surface area contributed by atoms with E-state index in [4.69, 9.17) is 13.1 Å². The molecule has 0 aliphatic carbocycles. The van der Waals surface area contributed by atoms with Crippen LogP contribution in [0, 0.1) is 35.8 Å². The maximum absolute atomic E-state index is 9.60. The van der Waals surface area contributed by atoms with E-state index in [-0.39, 0.29) is 0 Å². The van der Waals surface area contributed by atoms with Crippen molar-refractivity contribution >= 4 is 28.4 Å². The minimum absolute atomic E-state index is 0.381. The Balaban J connectivity index is 1.59. The normalized spacial score (nSPS) is 9.95. The molecule has 5 rings (SSSR count). The van der Waals surface area contributed by atoms with Crippen LogP contribution >= 0.6 is 0 Å². The van der Waals surface area contributed by atoms with E-state index in [1.165, 1.54) is 0 Å². The highest BCUT2D eigenvalue weighted by Gasteiger charge is 2.15. The second kappa shape index (κ2) is 10.9. The van der Waals surface area contributed by atoms with Crippen LogP contribution in [-0.4, -0.2) is 0 Å². The first kappa shape index (κ1) is 24.5. The van der Waals surface area contributed by atoms with Crippen LogP contribution < -0.4 is 4.90 Å². The van der Waals surface area contributed by atoms with Gasteiger partial charge in [0, 0.05) is 22.6 Å². The molecule has 0 aromatic heterocycles. The lowest BCUT2D eigenvalue weighted by molar-refractivity contribution is 1.28. The topological polar surface area (TPSA) is 59.5 Å². The van der Waals surface area contributed by atoms with Gasteiger partial charge in [-0.1, -0.05) is 54.6 Å². The molecule has 0 aliphatic heterocycles. The Morgan fingerprint density at radius 2 is 1.05 bits per heavy atom. The zero-order chi connectivity index (χ0) is 27.2. The van der Waals surface area contributed by atoms with Crippen LogP contribution in [0.25, 0.3) is 31.9 Å². The first-order chi connectivity index (χ1) is 19.1. The van der Waals surface area contributed by atoms with Gasteiger partial charge < -0.3 is 4.90 Å². The summed E-state index contributed by atoms with van der Waals surface area (Å²) in [6.45, 7) is 14.8. The van der Waals surface area contributed by atoms with Gasteiger partial charge >= 0.3 is 0 Å². The summed E-state index contributed by atoms with van der Waals surface area (Å²) in [5, 5.41) is 18.9. The Labute approximate surface area is 227 Å².